The van der Waals surface area contributed by atoms with Gasteiger partial charge >= 0.3 is 0 Å². The van der Waals surface area contributed by atoms with Crippen LogP contribution in [-0.2, 0) is 30.4 Å². The van der Waals surface area contributed by atoms with Crippen LogP contribution >= 0.6 is 12.6 Å². The van der Waals surface area contributed by atoms with E-state index in [1.807, 2.05) is 58.0 Å². The third-order valence-electron chi connectivity index (χ3n) is 5.76. The minimum atomic E-state index is -0.933. The van der Waals surface area contributed by atoms with Gasteiger partial charge in [0.05, 0.1) is 24.1 Å². The summed E-state index contributed by atoms with van der Waals surface area (Å²) in [7, 11) is 0. The summed E-state index contributed by atoms with van der Waals surface area (Å²) in [4.78, 5) is 62.6. The molecule has 200 valence electrons. The molecular weight excluding hydrogens is 478 g/mol. The zero-order valence-corrected chi connectivity index (χ0v) is 22.7. The second-order valence-corrected chi connectivity index (χ2v) is 10.4. The lowest BCUT2D eigenvalue weighted by atomic mass is 9.94. The number of hydrogen-bond acceptors (Lipinski definition) is 6. The Kier molecular flexibility index (Phi) is 14.1. The maximum absolute atomic E-state index is 13.2. The van der Waals surface area contributed by atoms with Crippen molar-refractivity contribution in [1.82, 2.24) is 10.6 Å². The van der Waals surface area contributed by atoms with Gasteiger partial charge in [0, 0.05) is 0 Å². The van der Waals surface area contributed by atoms with Gasteiger partial charge in [-0.2, -0.15) is 12.6 Å². The molecule has 8 nitrogen and oxygen atoms in total. The van der Waals surface area contributed by atoms with Crippen LogP contribution in [0.2, 0.25) is 0 Å². The van der Waals surface area contributed by atoms with Crippen LogP contribution in [0.25, 0.3) is 0 Å². The number of rotatable bonds is 17. The van der Waals surface area contributed by atoms with E-state index < -0.39 is 47.9 Å². The highest BCUT2D eigenvalue weighted by Gasteiger charge is 2.32. The summed E-state index contributed by atoms with van der Waals surface area (Å²) in [5, 5.41) is 5.44. The number of amides is 3. The molecule has 0 saturated carbocycles. The van der Waals surface area contributed by atoms with Crippen LogP contribution < -0.4 is 16.4 Å². The molecule has 4 N–H and O–H groups in total. The average Bonchev–Trinajstić information content (AvgIpc) is 2.80. The first-order valence-corrected chi connectivity index (χ1v) is 13.2. The Bertz CT molecular complexity index is 889. The van der Waals surface area contributed by atoms with Crippen molar-refractivity contribution < 1.29 is 24.0 Å². The van der Waals surface area contributed by atoms with Crippen LogP contribution in [0.1, 0.15) is 65.4 Å². The number of thiol groups is 1. The van der Waals surface area contributed by atoms with Crippen molar-refractivity contribution in [1.29, 1.82) is 0 Å². The fourth-order valence-corrected chi connectivity index (χ4v) is 4.21. The van der Waals surface area contributed by atoms with Gasteiger partial charge in [-0.05, 0) is 49.5 Å². The molecule has 0 heterocycles. The molecular formula is C27H41N3O5S. The smallest absolute Gasteiger partial charge is 0.243 e. The minimum absolute atomic E-state index is 0.0584. The number of nitrogens with two attached hydrogens (primary N) is 1. The highest BCUT2D eigenvalue weighted by molar-refractivity contribution is 7.81. The standard InChI is InChI=1S/C27H41N3O5S/c1-17(2)13-21(23(31)15-25(28)33)29-27(35)22(14-18(3)4)30-26(34)20(24(32)16-36)12-8-11-19-9-6-5-7-10-19/h5-7,9-10,17-18,20-22,36H,8,11-16H2,1-4H3,(H2,28,33)(H,29,35)(H,30,34)/t20?,21-,22-/m0/s1. The Hall–Kier alpha value is -2.68. The van der Waals surface area contributed by atoms with Crippen molar-refractivity contribution >= 4 is 41.9 Å². The fourth-order valence-electron chi connectivity index (χ4n) is 3.99. The number of benzene rings is 1. The Balaban J connectivity index is 2.96. The number of aryl methyl sites for hydroxylation is 1. The van der Waals surface area contributed by atoms with E-state index >= 15 is 0 Å². The third kappa shape index (κ3) is 11.8. The van der Waals surface area contributed by atoms with Gasteiger partial charge in [-0.1, -0.05) is 58.0 Å². The molecule has 0 radical (unpaired) electrons. The van der Waals surface area contributed by atoms with E-state index in [2.05, 4.69) is 23.3 Å². The van der Waals surface area contributed by atoms with Crippen molar-refractivity contribution in [2.75, 3.05) is 5.75 Å². The van der Waals surface area contributed by atoms with Crippen LogP contribution in [0.5, 0.6) is 0 Å². The van der Waals surface area contributed by atoms with E-state index in [4.69, 9.17) is 5.73 Å². The molecule has 3 amide bonds. The normalized spacial score (nSPS) is 13.6. The van der Waals surface area contributed by atoms with Gasteiger partial charge in [0.1, 0.15) is 6.04 Å². The first-order chi connectivity index (χ1) is 16.9. The molecule has 0 saturated heterocycles. The van der Waals surface area contributed by atoms with Crippen LogP contribution in [0, 0.1) is 17.8 Å². The molecule has 0 fully saturated rings. The molecule has 1 unspecified atom stereocenters. The fraction of sp³-hybridized carbons (Fsp3) is 0.593. The lowest BCUT2D eigenvalue weighted by Gasteiger charge is -2.26. The quantitative estimate of drug-likeness (QED) is 0.185. The van der Waals surface area contributed by atoms with Crippen molar-refractivity contribution in [2.45, 2.75) is 78.3 Å². The molecule has 9 heteroatoms. The van der Waals surface area contributed by atoms with Gasteiger partial charge in [0.15, 0.2) is 11.6 Å². The maximum Gasteiger partial charge on any atom is 0.243 e. The molecule has 1 rings (SSSR count). The average molecular weight is 520 g/mol. The summed E-state index contributed by atoms with van der Waals surface area (Å²) in [6, 6.07) is 7.96. The molecule has 0 aliphatic heterocycles. The monoisotopic (exact) mass is 519 g/mol. The Morgan fingerprint density at radius 1 is 0.833 bits per heavy atom. The van der Waals surface area contributed by atoms with Gasteiger partial charge in [-0.25, -0.2) is 0 Å². The first kappa shape index (κ1) is 31.4. The zero-order valence-electron chi connectivity index (χ0n) is 21.8. The maximum atomic E-state index is 13.2. The number of ketones is 2. The van der Waals surface area contributed by atoms with Crippen LogP contribution in [0.3, 0.4) is 0 Å². The Morgan fingerprint density at radius 3 is 1.92 bits per heavy atom. The number of carbonyl (C=O) groups excluding carboxylic acids is 5. The molecule has 0 aliphatic rings. The predicted octanol–water partition coefficient (Wildman–Crippen LogP) is 2.63. The number of primary amides is 1. The Labute approximate surface area is 219 Å². The van der Waals surface area contributed by atoms with Gasteiger partial charge in [0.25, 0.3) is 0 Å². The molecule has 0 aromatic heterocycles. The van der Waals surface area contributed by atoms with Crippen molar-refractivity contribution in [3.05, 3.63) is 35.9 Å². The highest BCUT2D eigenvalue weighted by atomic mass is 32.1. The van der Waals surface area contributed by atoms with Gasteiger partial charge in [-0.15, -0.1) is 0 Å². The van der Waals surface area contributed by atoms with E-state index in [1.54, 1.807) is 0 Å². The van der Waals surface area contributed by atoms with Crippen molar-refractivity contribution in [2.24, 2.45) is 23.5 Å². The number of nitrogens with one attached hydrogen (secondary N) is 2. The van der Waals surface area contributed by atoms with Gasteiger partial charge in [0.2, 0.25) is 17.7 Å². The van der Waals surface area contributed by atoms with E-state index in [-0.39, 0.29) is 23.4 Å². The predicted molar refractivity (Wildman–Crippen MR) is 143 cm³/mol. The summed E-state index contributed by atoms with van der Waals surface area (Å²) in [5.74, 6) is -3.45. The number of Topliss-reactive ketones (excluding diaryl/α,β-unsaturated/α-hetero) is 2. The van der Waals surface area contributed by atoms with Crippen molar-refractivity contribution in [3.63, 3.8) is 0 Å². The van der Waals surface area contributed by atoms with E-state index in [0.29, 0.717) is 25.7 Å². The van der Waals surface area contributed by atoms with E-state index in [9.17, 15) is 24.0 Å². The molecule has 1 aromatic rings. The SMILES string of the molecule is CC(C)C[C@H](NC(=O)[C@H](CC(C)C)NC(=O)C(CCCc1ccccc1)C(=O)CS)C(=O)CC(N)=O. The lowest BCUT2D eigenvalue weighted by Crippen LogP contribution is -2.54. The molecule has 3 atom stereocenters. The molecule has 0 aliphatic carbocycles. The molecule has 0 bridgehead atoms. The second-order valence-electron chi connectivity index (χ2n) is 10.0. The topological polar surface area (TPSA) is 135 Å². The third-order valence-corrected chi connectivity index (χ3v) is 6.07. The second kappa shape index (κ2) is 16.1. The largest absolute Gasteiger partial charge is 0.369 e. The van der Waals surface area contributed by atoms with Crippen LogP contribution in [0.4, 0.5) is 0 Å². The number of carbonyl (C=O) groups is 5. The lowest BCUT2D eigenvalue weighted by molar-refractivity contribution is -0.137. The van der Waals surface area contributed by atoms with E-state index in [1.165, 1.54) is 0 Å². The molecule has 36 heavy (non-hydrogen) atoms. The number of hydrogen-bond donors (Lipinski definition) is 4. The van der Waals surface area contributed by atoms with Crippen LogP contribution in [-0.4, -0.2) is 47.1 Å². The van der Waals surface area contributed by atoms with E-state index in [0.717, 1.165) is 12.0 Å². The van der Waals surface area contributed by atoms with Crippen LogP contribution in [0.15, 0.2) is 30.3 Å². The molecule has 1 aromatic carbocycles. The van der Waals surface area contributed by atoms with Crippen molar-refractivity contribution in [3.8, 4) is 0 Å². The van der Waals surface area contributed by atoms with Gasteiger partial charge < -0.3 is 16.4 Å². The zero-order chi connectivity index (χ0) is 27.3. The summed E-state index contributed by atoms with van der Waals surface area (Å²) < 4.78 is 0. The highest BCUT2D eigenvalue weighted by Crippen LogP contribution is 2.16. The Morgan fingerprint density at radius 2 is 1.39 bits per heavy atom. The summed E-state index contributed by atoms with van der Waals surface area (Å²) in [5.41, 5.74) is 6.28. The first-order valence-electron chi connectivity index (χ1n) is 12.5. The van der Waals surface area contributed by atoms with Gasteiger partial charge in [-0.3, -0.25) is 24.0 Å². The summed E-state index contributed by atoms with van der Waals surface area (Å²) in [6.07, 6.45) is 1.87. The summed E-state index contributed by atoms with van der Waals surface area (Å²) in [6.45, 7) is 7.61. The summed E-state index contributed by atoms with van der Waals surface area (Å²) >= 11 is 4.07. The molecule has 0 spiro atoms. The minimum Gasteiger partial charge on any atom is -0.369 e.